The first kappa shape index (κ1) is 27.3. The Labute approximate surface area is 221 Å². The highest BCUT2D eigenvalue weighted by Crippen LogP contribution is 2.37. The maximum absolute atomic E-state index is 15.3. The van der Waals surface area contributed by atoms with E-state index in [1.54, 1.807) is 13.2 Å². The lowest BCUT2D eigenvalue weighted by Gasteiger charge is -2.19. The summed E-state index contributed by atoms with van der Waals surface area (Å²) in [6.07, 6.45) is 1.93. The van der Waals surface area contributed by atoms with E-state index in [9.17, 15) is 14.9 Å². The Hall–Kier alpha value is -3.77. The maximum atomic E-state index is 15.3. The van der Waals surface area contributed by atoms with Gasteiger partial charge in [-0.05, 0) is 52.8 Å². The number of nitrogens with one attached hydrogen (secondary N) is 1. The van der Waals surface area contributed by atoms with Crippen LogP contribution in [0, 0.1) is 15.9 Å². The molecule has 3 aromatic rings. The fraction of sp³-hybridized carbons (Fsp3) is 0.385. The molecule has 38 heavy (non-hydrogen) atoms. The van der Waals surface area contributed by atoms with E-state index in [1.807, 2.05) is 24.3 Å². The van der Waals surface area contributed by atoms with E-state index in [0.717, 1.165) is 17.2 Å². The van der Waals surface area contributed by atoms with Crippen LogP contribution < -0.4 is 15.0 Å². The molecule has 1 aliphatic rings. The van der Waals surface area contributed by atoms with Crippen LogP contribution in [0.4, 0.5) is 20.7 Å². The molecule has 1 aliphatic heterocycles. The Morgan fingerprint density at radius 2 is 2.03 bits per heavy atom. The monoisotopic (exact) mass is 541 g/mol. The number of benzene rings is 2. The Morgan fingerprint density at radius 3 is 2.74 bits per heavy atom. The molecule has 2 aromatic carbocycles. The van der Waals surface area contributed by atoms with Gasteiger partial charge >= 0.3 is 11.8 Å². The van der Waals surface area contributed by atoms with E-state index in [4.69, 9.17) is 9.47 Å². The van der Waals surface area contributed by atoms with E-state index < -0.39 is 24.6 Å². The minimum Gasteiger partial charge on any atom is -0.497 e. The summed E-state index contributed by atoms with van der Waals surface area (Å²) in [7, 11) is 0.294. The normalized spacial score (nSPS) is 12.9. The van der Waals surface area contributed by atoms with Crippen LogP contribution in [0.1, 0.15) is 11.1 Å². The highest BCUT2D eigenvalue weighted by Gasteiger charge is 2.30. The van der Waals surface area contributed by atoms with Crippen LogP contribution in [-0.2, 0) is 24.4 Å². The highest BCUT2D eigenvalue weighted by molar-refractivity contribution is 6.76. The Bertz CT molecular complexity index is 1340. The van der Waals surface area contributed by atoms with E-state index in [1.165, 1.54) is 21.8 Å². The van der Waals surface area contributed by atoms with Gasteiger partial charge < -0.3 is 24.9 Å². The lowest BCUT2D eigenvalue weighted by molar-refractivity contribution is -0.389. The van der Waals surface area contributed by atoms with Crippen molar-refractivity contribution in [3.8, 4) is 16.9 Å². The van der Waals surface area contributed by atoms with Crippen molar-refractivity contribution < 1.29 is 23.6 Å². The molecule has 12 heteroatoms. The Morgan fingerprint density at radius 1 is 1.24 bits per heavy atom. The number of anilines is 1. The number of amides is 2. The van der Waals surface area contributed by atoms with Gasteiger partial charge in [0.05, 0.1) is 24.1 Å². The smallest absolute Gasteiger partial charge is 0.398 e. The molecule has 10 nitrogen and oxygen atoms in total. The lowest BCUT2D eigenvalue weighted by Crippen LogP contribution is -2.38. The van der Waals surface area contributed by atoms with Gasteiger partial charge in [0.2, 0.25) is 0 Å². The zero-order chi connectivity index (χ0) is 27.4. The van der Waals surface area contributed by atoms with Gasteiger partial charge in [-0.25, -0.2) is 9.18 Å². The first-order chi connectivity index (χ1) is 18.1. The fourth-order valence-electron chi connectivity index (χ4n) is 4.22. The summed E-state index contributed by atoms with van der Waals surface area (Å²) in [5.74, 6) is -0.421. The zero-order valence-corrected chi connectivity index (χ0v) is 23.0. The third kappa shape index (κ3) is 6.37. The molecule has 0 radical (unpaired) electrons. The van der Waals surface area contributed by atoms with Gasteiger partial charge in [0.25, 0.3) is 0 Å². The van der Waals surface area contributed by atoms with Gasteiger partial charge in [0.15, 0.2) is 6.73 Å². The third-order valence-electron chi connectivity index (χ3n) is 6.31. The Balaban J connectivity index is 1.50. The third-order valence-corrected chi connectivity index (χ3v) is 8.02. The number of fused-ring (bicyclic) bond motifs is 1. The van der Waals surface area contributed by atoms with Gasteiger partial charge in [-0.1, -0.05) is 31.8 Å². The molecule has 4 rings (SSSR count). The molecule has 0 saturated carbocycles. The van der Waals surface area contributed by atoms with Crippen molar-refractivity contribution in [1.82, 2.24) is 15.1 Å². The van der Waals surface area contributed by atoms with Crippen LogP contribution in [0.25, 0.3) is 11.1 Å². The topological polar surface area (TPSA) is 112 Å². The lowest BCUT2D eigenvalue weighted by atomic mass is 10.0. The predicted octanol–water partition coefficient (Wildman–Crippen LogP) is 5.19. The molecule has 2 amide bonds. The molecule has 0 unspecified atom stereocenters. The van der Waals surface area contributed by atoms with Crippen molar-refractivity contribution in [2.45, 2.75) is 45.4 Å². The van der Waals surface area contributed by atoms with Crippen LogP contribution in [0.3, 0.4) is 0 Å². The van der Waals surface area contributed by atoms with Crippen molar-refractivity contribution in [3.05, 3.63) is 69.7 Å². The van der Waals surface area contributed by atoms with Gasteiger partial charge in [0, 0.05) is 33.3 Å². The number of methoxy groups -OCH3 is 1. The first-order valence-electron chi connectivity index (χ1n) is 12.4. The number of nitrogens with zero attached hydrogens (tertiary/aromatic N) is 4. The van der Waals surface area contributed by atoms with E-state index in [-0.39, 0.29) is 30.4 Å². The molecule has 0 saturated heterocycles. The number of carbonyl (C=O) groups excluding carboxylic acids is 1. The second-order valence-electron chi connectivity index (χ2n) is 10.4. The molecular formula is C26H32FN5O5Si. The summed E-state index contributed by atoms with van der Waals surface area (Å²) >= 11 is 0. The Kier molecular flexibility index (Phi) is 8.12. The van der Waals surface area contributed by atoms with E-state index in [2.05, 4.69) is 30.1 Å². The number of nitro groups is 1. The molecule has 0 fully saturated rings. The van der Waals surface area contributed by atoms with Crippen molar-refractivity contribution in [2.24, 2.45) is 0 Å². The van der Waals surface area contributed by atoms with Crippen molar-refractivity contribution in [1.29, 1.82) is 0 Å². The van der Waals surface area contributed by atoms with Crippen LogP contribution >= 0.6 is 0 Å². The van der Waals surface area contributed by atoms with Gasteiger partial charge in [0.1, 0.15) is 17.1 Å². The number of ether oxygens (including phenoxy) is 2. The number of urea groups is 1. The minimum atomic E-state index is -1.28. The fourth-order valence-corrected chi connectivity index (χ4v) is 4.98. The van der Waals surface area contributed by atoms with Crippen LogP contribution in [-0.4, -0.2) is 49.1 Å². The quantitative estimate of drug-likeness (QED) is 0.164. The highest BCUT2D eigenvalue weighted by atomic mass is 28.3. The predicted molar refractivity (Wildman–Crippen MR) is 145 cm³/mol. The standard InChI is InChI=1S/C26H32FN5O5Si/c1-36-20-7-5-6-18(12-20)15-28-26(33)31-9-8-19-13-21(23(27)14-24(19)31)22-16-30(29-25(22)32(34)35)17-37-10-11-38(2,3)4/h5-7,12-14,16H,8-11,15,17H2,1-4H3,(H,28,33). The SMILES string of the molecule is COc1cccc(CNC(=O)N2CCc3cc(-c4cn(COCC[Si](C)(C)C)nc4[N+](=O)[O-])c(F)cc32)c1. The van der Waals surface area contributed by atoms with E-state index >= 15 is 4.39 Å². The van der Waals surface area contributed by atoms with Crippen molar-refractivity contribution in [3.63, 3.8) is 0 Å². The molecule has 0 atom stereocenters. The number of halogens is 1. The molecule has 0 bridgehead atoms. The summed E-state index contributed by atoms with van der Waals surface area (Å²) in [5.41, 5.74) is 2.19. The molecule has 0 aliphatic carbocycles. The first-order valence-corrected chi connectivity index (χ1v) is 16.1. The van der Waals surface area contributed by atoms with Crippen LogP contribution in [0.5, 0.6) is 5.75 Å². The van der Waals surface area contributed by atoms with Crippen molar-refractivity contribution >= 4 is 25.6 Å². The summed E-state index contributed by atoms with van der Waals surface area (Å²) in [4.78, 5) is 25.4. The molecule has 0 spiro atoms. The second-order valence-corrected chi connectivity index (χ2v) is 16.0. The average molecular weight is 542 g/mol. The number of hydrogen-bond acceptors (Lipinski definition) is 6. The number of carbonyl (C=O) groups is 1. The second kappa shape index (κ2) is 11.3. The van der Waals surface area contributed by atoms with Gasteiger partial charge in [-0.15, -0.1) is 0 Å². The summed E-state index contributed by atoms with van der Waals surface area (Å²) in [5, 5.41) is 18.6. The van der Waals surface area contributed by atoms with Crippen LogP contribution in [0.15, 0.2) is 42.6 Å². The minimum absolute atomic E-state index is 0.0408. The number of hydrogen-bond donors (Lipinski definition) is 1. The van der Waals surface area contributed by atoms with Crippen LogP contribution in [0.2, 0.25) is 25.7 Å². The molecule has 1 aromatic heterocycles. The summed E-state index contributed by atoms with van der Waals surface area (Å²) < 4.78 is 27.5. The van der Waals surface area contributed by atoms with Gasteiger partial charge in [-0.2, -0.15) is 4.68 Å². The largest absolute Gasteiger partial charge is 0.497 e. The zero-order valence-electron chi connectivity index (χ0n) is 22.0. The van der Waals surface area contributed by atoms with Gasteiger partial charge in [-0.3, -0.25) is 4.90 Å². The number of rotatable bonds is 10. The van der Waals surface area contributed by atoms with Crippen molar-refractivity contribution in [2.75, 3.05) is 25.2 Å². The summed E-state index contributed by atoms with van der Waals surface area (Å²) in [6, 6.07) is 10.8. The maximum Gasteiger partial charge on any atom is 0.398 e. The molecule has 202 valence electrons. The summed E-state index contributed by atoms with van der Waals surface area (Å²) in [6.45, 7) is 7.92. The van der Waals surface area contributed by atoms with E-state index in [0.29, 0.717) is 31.0 Å². The molecule has 1 N–H and O–H groups in total. The molecule has 2 heterocycles. The number of aromatic nitrogens is 2. The molecular weight excluding hydrogens is 509 g/mol. The average Bonchev–Trinajstić information content (AvgIpc) is 3.48.